The zero-order valence-corrected chi connectivity index (χ0v) is 11.3. The van der Waals surface area contributed by atoms with Gasteiger partial charge in [0, 0.05) is 31.5 Å². The molecule has 3 nitrogen and oxygen atoms in total. The van der Waals surface area contributed by atoms with Crippen LogP contribution in [0, 0.1) is 0 Å². The van der Waals surface area contributed by atoms with E-state index < -0.39 is 0 Å². The second kappa shape index (κ2) is 5.53. The molecule has 3 heteroatoms. The van der Waals surface area contributed by atoms with Gasteiger partial charge < -0.3 is 4.74 Å². The van der Waals surface area contributed by atoms with Crippen molar-refractivity contribution >= 4 is 5.78 Å². The molecule has 0 saturated carbocycles. The smallest absolute Gasteiger partial charge is 0.136 e. The lowest BCUT2D eigenvalue weighted by molar-refractivity contribution is -0.125. The van der Waals surface area contributed by atoms with Gasteiger partial charge in [-0.05, 0) is 31.5 Å². The number of carbonyl (C=O) groups excluding carboxylic acids is 1. The van der Waals surface area contributed by atoms with E-state index in [9.17, 15) is 4.79 Å². The summed E-state index contributed by atoms with van der Waals surface area (Å²) in [4.78, 5) is 13.9. The fraction of sp³-hybridized carbons (Fsp3) is 0.533. The standard InChI is InChI=1S/C15H21NO2/c1-11-8-14(17)9-12(2)16(11)10-13-4-6-15(18-3)7-5-13/h4-7,11-12H,8-10H2,1-3H3/t11-,12+. The van der Waals surface area contributed by atoms with Crippen molar-refractivity contribution in [3.63, 3.8) is 0 Å². The van der Waals surface area contributed by atoms with Crippen molar-refractivity contribution in [1.29, 1.82) is 0 Å². The molecule has 0 aromatic heterocycles. The van der Waals surface area contributed by atoms with Crippen LogP contribution in [0.15, 0.2) is 24.3 Å². The van der Waals surface area contributed by atoms with Crippen molar-refractivity contribution in [1.82, 2.24) is 4.90 Å². The average molecular weight is 247 g/mol. The van der Waals surface area contributed by atoms with E-state index in [4.69, 9.17) is 4.74 Å². The van der Waals surface area contributed by atoms with E-state index in [2.05, 4.69) is 30.9 Å². The Morgan fingerprint density at radius 3 is 2.22 bits per heavy atom. The Morgan fingerprint density at radius 1 is 1.17 bits per heavy atom. The maximum Gasteiger partial charge on any atom is 0.136 e. The monoisotopic (exact) mass is 247 g/mol. The molecule has 0 unspecified atom stereocenters. The first-order chi connectivity index (χ1) is 8.60. The van der Waals surface area contributed by atoms with Gasteiger partial charge in [-0.1, -0.05) is 12.1 Å². The van der Waals surface area contributed by atoms with E-state index in [0.29, 0.717) is 30.7 Å². The molecule has 1 aliphatic heterocycles. The number of Topliss-reactive ketones (excluding diaryl/α,β-unsaturated/α-hetero) is 1. The van der Waals surface area contributed by atoms with Gasteiger partial charge in [0.15, 0.2) is 0 Å². The predicted octanol–water partition coefficient (Wildman–Crippen LogP) is 2.64. The van der Waals surface area contributed by atoms with Gasteiger partial charge in [-0.2, -0.15) is 0 Å². The molecule has 0 amide bonds. The van der Waals surface area contributed by atoms with Crippen LogP contribution >= 0.6 is 0 Å². The number of benzene rings is 1. The Hall–Kier alpha value is -1.35. The van der Waals surface area contributed by atoms with Gasteiger partial charge in [0.05, 0.1) is 7.11 Å². The summed E-state index contributed by atoms with van der Waals surface area (Å²) in [6.07, 6.45) is 1.36. The third kappa shape index (κ3) is 2.91. The number of piperidine rings is 1. The lowest BCUT2D eigenvalue weighted by Crippen LogP contribution is -2.46. The van der Waals surface area contributed by atoms with Crippen LogP contribution in [0.25, 0.3) is 0 Å². The molecule has 0 spiro atoms. The fourth-order valence-electron chi connectivity index (χ4n) is 2.66. The zero-order valence-electron chi connectivity index (χ0n) is 11.3. The molecule has 1 saturated heterocycles. The number of nitrogens with zero attached hydrogens (tertiary/aromatic N) is 1. The van der Waals surface area contributed by atoms with E-state index in [0.717, 1.165) is 12.3 Å². The van der Waals surface area contributed by atoms with E-state index in [1.807, 2.05) is 12.1 Å². The number of methoxy groups -OCH3 is 1. The Bertz CT molecular complexity index is 399. The van der Waals surface area contributed by atoms with Gasteiger partial charge in [0.2, 0.25) is 0 Å². The summed E-state index contributed by atoms with van der Waals surface area (Å²) < 4.78 is 5.16. The molecule has 1 fully saturated rings. The minimum atomic E-state index is 0.336. The maximum absolute atomic E-state index is 11.5. The van der Waals surface area contributed by atoms with E-state index in [1.54, 1.807) is 7.11 Å². The normalized spacial score (nSPS) is 25.2. The third-order valence-corrected chi connectivity index (χ3v) is 3.70. The Kier molecular flexibility index (Phi) is 4.02. The van der Waals surface area contributed by atoms with Crippen molar-refractivity contribution in [3.8, 4) is 5.75 Å². The lowest BCUT2D eigenvalue weighted by atomic mass is 9.95. The molecule has 0 bridgehead atoms. The van der Waals surface area contributed by atoms with Crippen molar-refractivity contribution in [3.05, 3.63) is 29.8 Å². The number of hydrogen-bond acceptors (Lipinski definition) is 3. The van der Waals surface area contributed by atoms with Crippen LogP contribution in [0.2, 0.25) is 0 Å². The molecule has 1 heterocycles. The molecular weight excluding hydrogens is 226 g/mol. The second-order valence-corrected chi connectivity index (χ2v) is 5.17. The van der Waals surface area contributed by atoms with Gasteiger partial charge in [-0.3, -0.25) is 9.69 Å². The van der Waals surface area contributed by atoms with Crippen LogP contribution in [0.5, 0.6) is 5.75 Å². The highest BCUT2D eigenvalue weighted by atomic mass is 16.5. The molecule has 2 atom stereocenters. The van der Waals surface area contributed by atoms with Gasteiger partial charge >= 0.3 is 0 Å². The first kappa shape index (κ1) is 13.1. The van der Waals surface area contributed by atoms with E-state index in [-0.39, 0.29) is 0 Å². The summed E-state index contributed by atoms with van der Waals surface area (Å²) >= 11 is 0. The van der Waals surface area contributed by atoms with Crippen LogP contribution in [-0.2, 0) is 11.3 Å². The zero-order chi connectivity index (χ0) is 13.1. The molecule has 1 aromatic carbocycles. The van der Waals surface area contributed by atoms with E-state index >= 15 is 0 Å². The summed E-state index contributed by atoms with van der Waals surface area (Å²) in [5.74, 6) is 1.27. The Balaban J connectivity index is 2.05. The highest BCUT2D eigenvalue weighted by Gasteiger charge is 2.29. The van der Waals surface area contributed by atoms with Crippen molar-refractivity contribution in [2.24, 2.45) is 0 Å². The lowest BCUT2D eigenvalue weighted by Gasteiger charge is -2.38. The summed E-state index contributed by atoms with van der Waals surface area (Å²) in [6, 6.07) is 8.83. The minimum absolute atomic E-state index is 0.336. The minimum Gasteiger partial charge on any atom is -0.497 e. The SMILES string of the molecule is COc1ccc(CN2[C@H](C)CC(=O)C[C@@H]2C)cc1. The number of ether oxygens (including phenoxy) is 1. The summed E-state index contributed by atoms with van der Waals surface area (Å²) in [7, 11) is 1.68. The highest BCUT2D eigenvalue weighted by molar-refractivity contribution is 5.80. The molecule has 2 rings (SSSR count). The summed E-state index contributed by atoms with van der Waals surface area (Å²) in [6.45, 7) is 5.17. The number of ketones is 1. The molecule has 18 heavy (non-hydrogen) atoms. The van der Waals surface area contributed by atoms with Crippen molar-refractivity contribution in [2.45, 2.75) is 45.3 Å². The van der Waals surface area contributed by atoms with Crippen molar-refractivity contribution < 1.29 is 9.53 Å². The summed E-state index contributed by atoms with van der Waals surface area (Å²) in [5, 5.41) is 0. The van der Waals surface area contributed by atoms with Gasteiger partial charge in [-0.25, -0.2) is 0 Å². The highest BCUT2D eigenvalue weighted by Crippen LogP contribution is 2.23. The molecular formula is C15H21NO2. The fourth-order valence-corrected chi connectivity index (χ4v) is 2.66. The number of rotatable bonds is 3. The molecule has 1 aliphatic rings. The van der Waals surface area contributed by atoms with Gasteiger partial charge in [-0.15, -0.1) is 0 Å². The molecule has 98 valence electrons. The molecule has 0 aliphatic carbocycles. The molecule has 1 aromatic rings. The average Bonchev–Trinajstić information content (AvgIpc) is 2.34. The number of likely N-dealkylation sites (tertiary alicyclic amines) is 1. The van der Waals surface area contributed by atoms with Gasteiger partial charge in [0.25, 0.3) is 0 Å². The maximum atomic E-state index is 11.5. The second-order valence-electron chi connectivity index (χ2n) is 5.17. The number of hydrogen-bond donors (Lipinski definition) is 0. The largest absolute Gasteiger partial charge is 0.497 e. The van der Waals surface area contributed by atoms with Crippen LogP contribution in [0.1, 0.15) is 32.3 Å². The Morgan fingerprint density at radius 2 is 1.72 bits per heavy atom. The third-order valence-electron chi connectivity index (χ3n) is 3.70. The van der Waals surface area contributed by atoms with Gasteiger partial charge in [0.1, 0.15) is 11.5 Å². The van der Waals surface area contributed by atoms with E-state index in [1.165, 1.54) is 5.56 Å². The van der Waals surface area contributed by atoms with Crippen LogP contribution in [-0.4, -0.2) is 29.9 Å². The van der Waals surface area contributed by atoms with Crippen LogP contribution < -0.4 is 4.74 Å². The predicted molar refractivity (Wildman–Crippen MR) is 71.7 cm³/mol. The topological polar surface area (TPSA) is 29.5 Å². The van der Waals surface area contributed by atoms with Crippen LogP contribution in [0.3, 0.4) is 0 Å². The van der Waals surface area contributed by atoms with Crippen LogP contribution in [0.4, 0.5) is 0 Å². The number of carbonyl (C=O) groups is 1. The Labute approximate surface area is 109 Å². The molecule has 0 N–H and O–H groups in total. The quantitative estimate of drug-likeness (QED) is 0.822. The first-order valence-electron chi connectivity index (χ1n) is 6.50. The first-order valence-corrected chi connectivity index (χ1v) is 6.50. The van der Waals surface area contributed by atoms with Crippen molar-refractivity contribution in [2.75, 3.05) is 7.11 Å². The molecule has 0 radical (unpaired) electrons. The summed E-state index contributed by atoms with van der Waals surface area (Å²) in [5.41, 5.74) is 1.27.